The van der Waals surface area contributed by atoms with E-state index in [9.17, 15) is 24.5 Å². The Bertz CT molecular complexity index is 857. The summed E-state index contributed by atoms with van der Waals surface area (Å²) in [4.78, 5) is 51.1. The van der Waals surface area contributed by atoms with Crippen molar-refractivity contribution in [3.63, 3.8) is 0 Å². The summed E-state index contributed by atoms with van der Waals surface area (Å²) >= 11 is 0. The molecule has 0 aromatic heterocycles. The highest BCUT2D eigenvalue weighted by Crippen LogP contribution is 2.40. The molecule has 9 heteroatoms. The summed E-state index contributed by atoms with van der Waals surface area (Å²) < 4.78 is 9.86. The summed E-state index contributed by atoms with van der Waals surface area (Å²) in [6.45, 7) is 3.16. The molecule has 1 aliphatic rings. The molecule has 142 valence electrons. The fourth-order valence-electron chi connectivity index (χ4n) is 3.04. The standard InChI is InChI=1S/C18H18N2O7/c1-4-27-18(23)16-13(9-21)19-10(2)14(17(22)26-3)15(16)11-6-5-7-12(8-11)20(24)25/h5-9,14-15H,4H2,1-3H3. The van der Waals surface area contributed by atoms with Crippen LogP contribution in [-0.2, 0) is 23.9 Å². The third-order valence-electron chi connectivity index (χ3n) is 4.17. The maximum atomic E-state index is 12.5. The minimum absolute atomic E-state index is 0.0434. The Kier molecular flexibility index (Phi) is 6.17. The topological polar surface area (TPSA) is 125 Å². The Hall–Kier alpha value is -3.36. The Morgan fingerprint density at radius 2 is 2.07 bits per heavy atom. The van der Waals surface area contributed by atoms with Gasteiger partial charge in [-0.3, -0.25) is 24.7 Å². The van der Waals surface area contributed by atoms with Crippen LogP contribution in [0.25, 0.3) is 0 Å². The molecule has 2 atom stereocenters. The summed E-state index contributed by atoms with van der Waals surface area (Å²) in [7, 11) is 1.18. The highest BCUT2D eigenvalue weighted by molar-refractivity contribution is 6.09. The summed E-state index contributed by atoms with van der Waals surface area (Å²) in [5, 5.41) is 11.1. The average Bonchev–Trinajstić information content (AvgIpc) is 2.66. The predicted molar refractivity (Wildman–Crippen MR) is 94.2 cm³/mol. The second kappa shape index (κ2) is 8.35. The SMILES string of the molecule is CCOC(=O)C1=C(C=O)N=C(C)C(C(=O)OC)C1c1cccc([N+](=O)[O-])c1. The number of aliphatic imine (C=N–C) groups is 1. The molecule has 2 unspecified atom stereocenters. The summed E-state index contributed by atoms with van der Waals surface area (Å²) in [5.41, 5.74) is 0.0351. The number of non-ortho nitro benzene ring substituents is 1. The molecule has 27 heavy (non-hydrogen) atoms. The second-order valence-corrected chi connectivity index (χ2v) is 5.72. The van der Waals surface area contributed by atoms with Crippen molar-refractivity contribution in [2.24, 2.45) is 10.9 Å². The molecule has 0 saturated carbocycles. The van der Waals surface area contributed by atoms with Gasteiger partial charge >= 0.3 is 11.9 Å². The van der Waals surface area contributed by atoms with Gasteiger partial charge in [-0.15, -0.1) is 0 Å². The normalized spacial score (nSPS) is 19.1. The Morgan fingerprint density at radius 1 is 1.37 bits per heavy atom. The molecule has 9 nitrogen and oxygen atoms in total. The van der Waals surface area contributed by atoms with E-state index in [1.807, 2.05) is 0 Å². The fourth-order valence-corrected chi connectivity index (χ4v) is 3.04. The van der Waals surface area contributed by atoms with Crippen LogP contribution >= 0.6 is 0 Å². The van der Waals surface area contributed by atoms with Crippen LogP contribution in [0.5, 0.6) is 0 Å². The zero-order valence-electron chi connectivity index (χ0n) is 15.0. The van der Waals surface area contributed by atoms with E-state index in [0.29, 0.717) is 11.8 Å². The first-order valence-electron chi connectivity index (χ1n) is 8.09. The van der Waals surface area contributed by atoms with Gasteiger partial charge in [-0.2, -0.15) is 0 Å². The highest BCUT2D eigenvalue weighted by Gasteiger charge is 2.43. The van der Waals surface area contributed by atoms with E-state index in [-0.39, 0.29) is 29.3 Å². The van der Waals surface area contributed by atoms with Crippen molar-refractivity contribution in [3.05, 3.63) is 51.2 Å². The molecule has 0 saturated heterocycles. The predicted octanol–water partition coefficient (Wildman–Crippen LogP) is 1.96. The van der Waals surface area contributed by atoms with E-state index < -0.39 is 28.7 Å². The van der Waals surface area contributed by atoms with Crippen molar-refractivity contribution in [1.29, 1.82) is 0 Å². The van der Waals surface area contributed by atoms with Crippen molar-refractivity contribution in [2.45, 2.75) is 19.8 Å². The van der Waals surface area contributed by atoms with Crippen molar-refractivity contribution in [2.75, 3.05) is 13.7 Å². The number of aldehydes is 1. The molecule has 2 rings (SSSR count). The Morgan fingerprint density at radius 3 is 2.63 bits per heavy atom. The number of carbonyl (C=O) groups is 3. The van der Waals surface area contributed by atoms with E-state index in [4.69, 9.17) is 9.47 Å². The Balaban J connectivity index is 2.75. The number of benzene rings is 1. The number of allylic oxidation sites excluding steroid dienone is 1. The maximum absolute atomic E-state index is 12.5. The largest absolute Gasteiger partial charge is 0.468 e. The van der Waals surface area contributed by atoms with Crippen LogP contribution in [0.15, 0.2) is 40.5 Å². The highest BCUT2D eigenvalue weighted by atomic mass is 16.6. The van der Waals surface area contributed by atoms with Crippen LogP contribution in [0, 0.1) is 16.0 Å². The first kappa shape index (κ1) is 20.0. The van der Waals surface area contributed by atoms with Gasteiger partial charge in [-0.25, -0.2) is 4.79 Å². The molecular weight excluding hydrogens is 356 g/mol. The second-order valence-electron chi connectivity index (χ2n) is 5.72. The smallest absolute Gasteiger partial charge is 0.336 e. The van der Waals surface area contributed by atoms with Crippen molar-refractivity contribution in [1.82, 2.24) is 0 Å². The first-order valence-corrected chi connectivity index (χ1v) is 8.09. The number of nitrogens with zero attached hydrogens (tertiary/aromatic N) is 2. The van der Waals surface area contributed by atoms with E-state index in [1.165, 1.54) is 38.3 Å². The van der Waals surface area contributed by atoms with Crippen molar-refractivity contribution >= 4 is 29.6 Å². The number of nitro groups is 1. The lowest BCUT2D eigenvalue weighted by atomic mass is 9.75. The van der Waals surface area contributed by atoms with Gasteiger partial charge in [0.25, 0.3) is 5.69 Å². The quantitative estimate of drug-likeness (QED) is 0.322. The molecule has 0 N–H and O–H groups in total. The lowest BCUT2D eigenvalue weighted by Gasteiger charge is -2.30. The van der Waals surface area contributed by atoms with Crippen LogP contribution in [0.1, 0.15) is 25.3 Å². The average molecular weight is 374 g/mol. The molecule has 1 aliphatic heterocycles. The van der Waals surface area contributed by atoms with Crippen LogP contribution in [0.3, 0.4) is 0 Å². The number of nitro benzene ring substituents is 1. The van der Waals surface area contributed by atoms with Crippen molar-refractivity contribution in [3.8, 4) is 0 Å². The van der Waals surface area contributed by atoms with Gasteiger partial charge in [0.05, 0.1) is 24.2 Å². The van der Waals surface area contributed by atoms with Crippen LogP contribution < -0.4 is 0 Å². The lowest BCUT2D eigenvalue weighted by molar-refractivity contribution is -0.384. The van der Waals surface area contributed by atoms with Gasteiger partial charge in [0.15, 0.2) is 6.29 Å². The van der Waals surface area contributed by atoms with Gasteiger partial charge in [0.2, 0.25) is 0 Å². The van der Waals surface area contributed by atoms with E-state index in [1.54, 1.807) is 6.92 Å². The molecular formula is C18H18N2O7. The van der Waals surface area contributed by atoms with E-state index in [2.05, 4.69) is 4.99 Å². The third-order valence-corrected chi connectivity index (χ3v) is 4.17. The number of hydrogen-bond donors (Lipinski definition) is 0. The van der Waals surface area contributed by atoms with Crippen molar-refractivity contribution < 1.29 is 28.8 Å². The van der Waals surface area contributed by atoms with Crippen LogP contribution in [0.2, 0.25) is 0 Å². The molecule has 0 amide bonds. The summed E-state index contributed by atoms with van der Waals surface area (Å²) in [5.74, 6) is -3.53. The zero-order valence-corrected chi connectivity index (χ0v) is 15.0. The third kappa shape index (κ3) is 3.91. The zero-order chi connectivity index (χ0) is 20.1. The molecule has 0 radical (unpaired) electrons. The van der Waals surface area contributed by atoms with Gasteiger partial charge in [0.1, 0.15) is 11.6 Å². The van der Waals surface area contributed by atoms with E-state index in [0.717, 1.165) is 0 Å². The minimum atomic E-state index is -1.03. The Labute approximate surface area is 154 Å². The molecule has 0 spiro atoms. The lowest BCUT2D eigenvalue weighted by Crippen LogP contribution is -2.36. The maximum Gasteiger partial charge on any atom is 0.336 e. The number of esters is 2. The summed E-state index contributed by atoms with van der Waals surface area (Å²) in [6, 6.07) is 5.51. The number of carbonyl (C=O) groups excluding carboxylic acids is 3. The van der Waals surface area contributed by atoms with Crippen LogP contribution in [0.4, 0.5) is 5.69 Å². The van der Waals surface area contributed by atoms with Crippen LogP contribution in [-0.4, -0.2) is 42.6 Å². The summed E-state index contributed by atoms with van der Waals surface area (Å²) in [6.07, 6.45) is 0.396. The number of hydrogen-bond acceptors (Lipinski definition) is 8. The number of methoxy groups -OCH3 is 1. The monoisotopic (exact) mass is 374 g/mol. The first-order chi connectivity index (χ1) is 12.8. The van der Waals surface area contributed by atoms with Gasteiger partial charge in [-0.1, -0.05) is 12.1 Å². The van der Waals surface area contributed by atoms with Gasteiger partial charge in [-0.05, 0) is 19.4 Å². The minimum Gasteiger partial charge on any atom is -0.468 e. The van der Waals surface area contributed by atoms with Gasteiger partial charge < -0.3 is 9.47 Å². The molecule has 1 heterocycles. The fraction of sp³-hybridized carbons (Fsp3) is 0.333. The molecule has 0 fully saturated rings. The van der Waals surface area contributed by atoms with Gasteiger partial charge in [0, 0.05) is 23.8 Å². The van der Waals surface area contributed by atoms with E-state index >= 15 is 0 Å². The molecule has 1 aromatic carbocycles. The molecule has 0 bridgehead atoms. The number of ether oxygens (including phenoxy) is 2. The molecule has 0 aliphatic carbocycles. The molecule has 1 aromatic rings. The number of rotatable bonds is 6.